The van der Waals surface area contributed by atoms with Gasteiger partial charge in [-0.1, -0.05) is 6.07 Å². The van der Waals surface area contributed by atoms with Crippen LogP contribution in [0.3, 0.4) is 0 Å². The van der Waals surface area contributed by atoms with Crippen molar-refractivity contribution in [2.75, 3.05) is 25.6 Å². The molecule has 0 saturated carbocycles. The molecule has 7 heteroatoms. The van der Waals surface area contributed by atoms with Gasteiger partial charge in [0.15, 0.2) is 11.5 Å². The zero-order valence-corrected chi connectivity index (χ0v) is 15.9. The van der Waals surface area contributed by atoms with E-state index in [0.29, 0.717) is 29.5 Å². The van der Waals surface area contributed by atoms with E-state index in [1.807, 2.05) is 13.0 Å². The van der Waals surface area contributed by atoms with Crippen LogP contribution in [0.2, 0.25) is 0 Å². The lowest BCUT2D eigenvalue weighted by atomic mass is 10.2. The molecule has 2 aromatic rings. The average Bonchev–Trinajstić information content (AvgIpc) is 2.68. The highest BCUT2D eigenvalue weighted by Gasteiger charge is 2.05. The zero-order valence-electron chi connectivity index (χ0n) is 15.9. The van der Waals surface area contributed by atoms with Crippen molar-refractivity contribution in [2.24, 2.45) is 5.73 Å². The molecule has 0 aliphatic carbocycles. The number of benzene rings is 2. The molecule has 0 fully saturated rings. The molecule has 2 amide bonds. The number of hydrogen-bond donors (Lipinski definition) is 2. The van der Waals surface area contributed by atoms with Gasteiger partial charge in [-0.2, -0.15) is 0 Å². The van der Waals surface area contributed by atoms with E-state index >= 15 is 0 Å². The molecule has 7 nitrogen and oxygen atoms in total. The molecule has 148 valence electrons. The highest BCUT2D eigenvalue weighted by Crippen LogP contribution is 2.28. The van der Waals surface area contributed by atoms with Crippen molar-refractivity contribution >= 4 is 23.6 Å². The first-order chi connectivity index (χ1) is 13.5. The fourth-order valence-corrected chi connectivity index (χ4v) is 2.32. The molecule has 0 unspecified atom stereocenters. The molecule has 0 aliphatic heterocycles. The van der Waals surface area contributed by atoms with Gasteiger partial charge in [-0.25, -0.2) is 0 Å². The summed E-state index contributed by atoms with van der Waals surface area (Å²) in [4.78, 5) is 22.8. The maximum atomic E-state index is 12.1. The van der Waals surface area contributed by atoms with Gasteiger partial charge in [0.05, 0.1) is 26.7 Å². The van der Waals surface area contributed by atoms with Crippen LogP contribution < -0.4 is 25.3 Å². The molecule has 28 heavy (non-hydrogen) atoms. The van der Waals surface area contributed by atoms with Gasteiger partial charge < -0.3 is 25.3 Å². The average molecular weight is 384 g/mol. The fraction of sp³-hybridized carbons (Fsp3) is 0.238. The van der Waals surface area contributed by atoms with Gasteiger partial charge in [0.2, 0.25) is 11.8 Å². The number of methoxy groups -OCH3 is 1. The van der Waals surface area contributed by atoms with Gasteiger partial charge >= 0.3 is 0 Å². The van der Waals surface area contributed by atoms with E-state index in [9.17, 15) is 9.59 Å². The Bertz CT molecular complexity index is 831. The number of ether oxygens (including phenoxy) is 3. The van der Waals surface area contributed by atoms with Crippen LogP contribution >= 0.6 is 0 Å². The van der Waals surface area contributed by atoms with Crippen LogP contribution in [-0.2, 0) is 9.59 Å². The molecule has 0 spiro atoms. The van der Waals surface area contributed by atoms with Crippen LogP contribution in [0.25, 0.3) is 6.08 Å². The Morgan fingerprint density at radius 3 is 2.46 bits per heavy atom. The Kier molecular flexibility index (Phi) is 7.90. The highest BCUT2D eigenvalue weighted by molar-refractivity contribution is 6.02. The maximum absolute atomic E-state index is 12.1. The van der Waals surface area contributed by atoms with Gasteiger partial charge in [0.1, 0.15) is 5.75 Å². The van der Waals surface area contributed by atoms with Gasteiger partial charge in [-0.3, -0.25) is 9.59 Å². The first-order valence-corrected chi connectivity index (χ1v) is 8.83. The molecule has 2 rings (SSSR count). The number of nitrogens with one attached hydrogen (secondary N) is 1. The molecular formula is C21H24N2O5. The number of amides is 2. The number of carbonyl (C=O) groups excluding carboxylic acids is 2. The second kappa shape index (κ2) is 10.6. The number of hydrogen-bond acceptors (Lipinski definition) is 5. The summed E-state index contributed by atoms with van der Waals surface area (Å²) >= 11 is 0. The molecule has 0 saturated heterocycles. The predicted molar refractivity (Wildman–Crippen MR) is 108 cm³/mol. The van der Waals surface area contributed by atoms with E-state index in [1.165, 1.54) is 6.08 Å². The lowest BCUT2D eigenvalue weighted by Crippen LogP contribution is -2.14. The Balaban J connectivity index is 1.91. The van der Waals surface area contributed by atoms with Crippen molar-refractivity contribution < 1.29 is 23.8 Å². The van der Waals surface area contributed by atoms with Gasteiger partial charge in [-0.15, -0.1) is 0 Å². The van der Waals surface area contributed by atoms with Gasteiger partial charge in [0, 0.05) is 11.8 Å². The van der Waals surface area contributed by atoms with Crippen molar-refractivity contribution in [3.8, 4) is 17.2 Å². The molecule has 0 atom stereocenters. The van der Waals surface area contributed by atoms with Crippen molar-refractivity contribution in [3.63, 3.8) is 0 Å². The first-order valence-electron chi connectivity index (χ1n) is 8.83. The van der Waals surface area contributed by atoms with Crippen molar-refractivity contribution in [1.82, 2.24) is 0 Å². The molecule has 2 aromatic carbocycles. The Hall–Kier alpha value is -3.48. The van der Waals surface area contributed by atoms with E-state index in [0.717, 1.165) is 5.56 Å². The highest BCUT2D eigenvalue weighted by atomic mass is 16.5. The summed E-state index contributed by atoms with van der Waals surface area (Å²) in [7, 11) is 1.57. The van der Waals surface area contributed by atoms with Crippen LogP contribution in [0, 0.1) is 0 Å². The van der Waals surface area contributed by atoms with Gasteiger partial charge in [-0.05, 0) is 55.0 Å². The standard InChI is InChI=1S/C21H24N2O5/c1-3-27-18-10-4-15(14-19(18)26-2)5-11-21(25)23-16-6-8-17(9-7-16)28-13-12-20(22)24/h4-11,14H,3,12-13H2,1-2H3,(H2,22,24)(H,23,25). The number of nitrogens with two attached hydrogens (primary N) is 1. The van der Waals surface area contributed by atoms with E-state index in [-0.39, 0.29) is 18.9 Å². The van der Waals surface area contributed by atoms with Crippen LogP contribution in [0.4, 0.5) is 5.69 Å². The molecular weight excluding hydrogens is 360 g/mol. The predicted octanol–water partition coefficient (Wildman–Crippen LogP) is 3.00. The molecule has 0 bridgehead atoms. The minimum Gasteiger partial charge on any atom is -0.493 e. The number of rotatable bonds is 10. The van der Waals surface area contributed by atoms with Gasteiger partial charge in [0.25, 0.3) is 0 Å². The van der Waals surface area contributed by atoms with E-state index < -0.39 is 5.91 Å². The summed E-state index contributed by atoms with van der Waals surface area (Å²) in [5.41, 5.74) is 6.50. The fourth-order valence-electron chi connectivity index (χ4n) is 2.32. The zero-order chi connectivity index (χ0) is 20.4. The van der Waals surface area contributed by atoms with Crippen LogP contribution in [0.1, 0.15) is 18.9 Å². The number of primary amides is 1. The Morgan fingerprint density at radius 1 is 1.07 bits per heavy atom. The minimum absolute atomic E-state index is 0.152. The Labute approximate surface area is 164 Å². The molecule has 0 aromatic heterocycles. The summed E-state index contributed by atoms with van der Waals surface area (Å²) < 4.78 is 16.1. The van der Waals surface area contributed by atoms with E-state index in [4.69, 9.17) is 19.9 Å². The first kappa shape index (κ1) is 20.8. The summed E-state index contributed by atoms with van der Waals surface area (Å²) in [5.74, 6) is 1.17. The van der Waals surface area contributed by atoms with E-state index in [1.54, 1.807) is 49.6 Å². The third-order valence-electron chi connectivity index (χ3n) is 3.65. The van der Waals surface area contributed by atoms with Crippen molar-refractivity contribution in [3.05, 3.63) is 54.1 Å². The lowest BCUT2D eigenvalue weighted by Gasteiger charge is -2.09. The van der Waals surface area contributed by atoms with Crippen molar-refractivity contribution in [1.29, 1.82) is 0 Å². The van der Waals surface area contributed by atoms with Crippen LogP contribution in [-0.4, -0.2) is 32.1 Å². The number of anilines is 1. The lowest BCUT2D eigenvalue weighted by molar-refractivity contribution is -0.118. The van der Waals surface area contributed by atoms with E-state index in [2.05, 4.69) is 5.32 Å². The summed E-state index contributed by atoms with van der Waals surface area (Å²) in [6, 6.07) is 12.3. The number of carbonyl (C=O) groups is 2. The smallest absolute Gasteiger partial charge is 0.248 e. The topological polar surface area (TPSA) is 99.9 Å². The summed E-state index contributed by atoms with van der Waals surface area (Å²) in [5, 5.41) is 2.76. The normalized spacial score (nSPS) is 10.5. The molecule has 0 heterocycles. The minimum atomic E-state index is -0.416. The molecule has 3 N–H and O–H groups in total. The third kappa shape index (κ3) is 6.68. The maximum Gasteiger partial charge on any atom is 0.248 e. The molecule has 0 radical (unpaired) electrons. The summed E-state index contributed by atoms with van der Waals surface area (Å²) in [6.07, 6.45) is 3.28. The Morgan fingerprint density at radius 2 is 1.82 bits per heavy atom. The molecule has 0 aliphatic rings. The largest absolute Gasteiger partial charge is 0.493 e. The van der Waals surface area contributed by atoms with Crippen LogP contribution in [0.15, 0.2) is 48.5 Å². The quantitative estimate of drug-likeness (QED) is 0.614. The third-order valence-corrected chi connectivity index (χ3v) is 3.65. The SMILES string of the molecule is CCOc1ccc(C=CC(=O)Nc2ccc(OCCC(N)=O)cc2)cc1OC. The monoisotopic (exact) mass is 384 g/mol. The second-order valence-corrected chi connectivity index (χ2v) is 5.76. The second-order valence-electron chi connectivity index (χ2n) is 5.76. The van der Waals surface area contributed by atoms with Crippen molar-refractivity contribution in [2.45, 2.75) is 13.3 Å². The van der Waals surface area contributed by atoms with Crippen LogP contribution in [0.5, 0.6) is 17.2 Å². The summed E-state index contributed by atoms with van der Waals surface area (Å²) in [6.45, 7) is 2.66.